The maximum Gasteiger partial charge on any atom is 0.0704 e. The van der Waals surface area contributed by atoms with E-state index in [1.54, 1.807) is 0 Å². The molecule has 2 N–H and O–H groups in total. The van der Waals surface area contributed by atoms with Gasteiger partial charge in [-0.15, -0.1) is 0 Å². The van der Waals surface area contributed by atoms with Gasteiger partial charge in [-0.1, -0.05) is 13.8 Å². The van der Waals surface area contributed by atoms with Crippen LogP contribution < -0.4 is 5.32 Å². The third-order valence-corrected chi connectivity index (χ3v) is 3.43. The maximum absolute atomic E-state index is 9.36. The summed E-state index contributed by atoms with van der Waals surface area (Å²) in [5, 5.41) is 12.6. The van der Waals surface area contributed by atoms with E-state index in [1.807, 2.05) is 7.05 Å². The van der Waals surface area contributed by atoms with Crippen molar-refractivity contribution in [3.63, 3.8) is 0 Å². The van der Waals surface area contributed by atoms with Crippen LogP contribution >= 0.6 is 0 Å². The Kier molecular flexibility index (Phi) is 6.41. The zero-order chi connectivity index (χ0) is 12.7. The molecule has 2 atom stereocenters. The Morgan fingerprint density at radius 2 is 2.18 bits per heavy atom. The number of nitrogens with one attached hydrogen (secondary N) is 1. The molecule has 0 aromatic heterocycles. The Bertz CT molecular complexity index is 205. The summed E-state index contributed by atoms with van der Waals surface area (Å²) in [6.45, 7) is 6.59. The van der Waals surface area contributed by atoms with Gasteiger partial charge >= 0.3 is 0 Å². The van der Waals surface area contributed by atoms with Gasteiger partial charge in [-0.25, -0.2) is 0 Å². The lowest BCUT2D eigenvalue weighted by atomic mass is 9.99. The summed E-state index contributed by atoms with van der Waals surface area (Å²) in [6, 6.07) is 0. The standard InChI is InChI=1S/C13H27NO3/c1-11(2)9-16-6-7-17-12-4-5-13(8-12,10-15)14-3/h11-12,14-15H,4-10H2,1-3H3. The zero-order valence-corrected chi connectivity index (χ0v) is 11.4. The predicted octanol–water partition coefficient (Wildman–Crippen LogP) is 1.18. The van der Waals surface area contributed by atoms with E-state index in [2.05, 4.69) is 19.2 Å². The van der Waals surface area contributed by atoms with Gasteiger partial charge in [0.15, 0.2) is 0 Å². The third-order valence-electron chi connectivity index (χ3n) is 3.43. The molecule has 17 heavy (non-hydrogen) atoms. The average Bonchev–Trinajstić information content (AvgIpc) is 2.73. The first kappa shape index (κ1) is 14.9. The molecule has 0 aromatic rings. The summed E-state index contributed by atoms with van der Waals surface area (Å²) in [5.41, 5.74) is -0.122. The molecule has 2 unspecified atom stereocenters. The lowest BCUT2D eigenvalue weighted by Crippen LogP contribution is -2.44. The summed E-state index contributed by atoms with van der Waals surface area (Å²) in [7, 11) is 1.91. The van der Waals surface area contributed by atoms with E-state index < -0.39 is 0 Å². The molecule has 0 aromatic carbocycles. The molecule has 102 valence electrons. The van der Waals surface area contributed by atoms with Gasteiger partial charge in [-0.05, 0) is 32.2 Å². The Morgan fingerprint density at radius 3 is 2.71 bits per heavy atom. The van der Waals surface area contributed by atoms with Crippen LogP contribution in [0.4, 0.5) is 0 Å². The molecule has 4 heteroatoms. The van der Waals surface area contributed by atoms with E-state index in [0.29, 0.717) is 19.1 Å². The second-order valence-electron chi connectivity index (χ2n) is 5.39. The fourth-order valence-electron chi connectivity index (χ4n) is 2.26. The predicted molar refractivity (Wildman–Crippen MR) is 68.1 cm³/mol. The number of hydrogen-bond acceptors (Lipinski definition) is 4. The molecular formula is C13H27NO3. The Balaban J connectivity index is 2.10. The molecule has 0 heterocycles. The van der Waals surface area contributed by atoms with Crippen LogP contribution in [0.15, 0.2) is 0 Å². The second kappa shape index (κ2) is 7.31. The average molecular weight is 245 g/mol. The largest absolute Gasteiger partial charge is 0.394 e. The van der Waals surface area contributed by atoms with Gasteiger partial charge < -0.3 is 19.9 Å². The van der Waals surface area contributed by atoms with Crippen LogP contribution in [0.25, 0.3) is 0 Å². The minimum atomic E-state index is -0.122. The summed E-state index contributed by atoms with van der Waals surface area (Å²) >= 11 is 0. The number of aliphatic hydroxyl groups is 1. The van der Waals surface area contributed by atoms with Crippen molar-refractivity contribution >= 4 is 0 Å². The van der Waals surface area contributed by atoms with Crippen molar-refractivity contribution in [2.45, 2.75) is 44.8 Å². The quantitative estimate of drug-likeness (QED) is 0.631. The molecule has 4 nitrogen and oxygen atoms in total. The van der Waals surface area contributed by atoms with Gasteiger partial charge in [0, 0.05) is 12.1 Å². The van der Waals surface area contributed by atoms with Gasteiger partial charge in [0.25, 0.3) is 0 Å². The van der Waals surface area contributed by atoms with Crippen molar-refractivity contribution in [3.8, 4) is 0 Å². The SMILES string of the molecule is CNC1(CO)CCC(OCCOCC(C)C)C1. The van der Waals surface area contributed by atoms with Gasteiger partial charge in [-0.2, -0.15) is 0 Å². The van der Waals surface area contributed by atoms with Crippen LogP contribution in [0, 0.1) is 5.92 Å². The molecule has 1 rings (SSSR count). The van der Waals surface area contributed by atoms with E-state index in [9.17, 15) is 5.11 Å². The Labute approximate surface area is 105 Å². The first-order chi connectivity index (χ1) is 8.12. The highest BCUT2D eigenvalue weighted by molar-refractivity contribution is 4.95. The Hall–Kier alpha value is -0.160. The lowest BCUT2D eigenvalue weighted by molar-refractivity contribution is -0.00217. The van der Waals surface area contributed by atoms with Gasteiger partial charge in [0.05, 0.1) is 25.9 Å². The van der Waals surface area contributed by atoms with Gasteiger partial charge in [-0.3, -0.25) is 0 Å². The molecular weight excluding hydrogens is 218 g/mol. The van der Waals surface area contributed by atoms with E-state index in [0.717, 1.165) is 25.9 Å². The van der Waals surface area contributed by atoms with Crippen molar-refractivity contribution in [2.75, 3.05) is 33.5 Å². The van der Waals surface area contributed by atoms with Crippen molar-refractivity contribution < 1.29 is 14.6 Å². The molecule has 0 amide bonds. The van der Waals surface area contributed by atoms with Crippen LogP contribution in [-0.2, 0) is 9.47 Å². The first-order valence-corrected chi connectivity index (χ1v) is 6.61. The summed E-state index contributed by atoms with van der Waals surface area (Å²) in [6.07, 6.45) is 3.16. The van der Waals surface area contributed by atoms with E-state index >= 15 is 0 Å². The minimum absolute atomic E-state index is 0.122. The maximum atomic E-state index is 9.36. The fourth-order valence-corrected chi connectivity index (χ4v) is 2.26. The number of aliphatic hydroxyl groups excluding tert-OH is 1. The molecule has 1 fully saturated rings. The number of rotatable bonds is 8. The number of likely N-dealkylation sites (N-methyl/N-ethyl adjacent to an activating group) is 1. The summed E-state index contributed by atoms with van der Waals surface area (Å²) in [5.74, 6) is 0.577. The normalized spacial score (nSPS) is 29.1. The van der Waals surface area contributed by atoms with Crippen molar-refractivity contribution in [3.05, 3.63) is 0 Å². The summed E-state index contributed by atoms with van der Waals surface area (Å²) < 4.78 is 11.2. The van der Waals surface area contributed by atoms with Gasteiger partial charge in [0.2, 0.25) is 0 Å². The molecule has 0 radical (unpaired) electrons. The minimum Gasteiger partial charge on any atom is -0.394 e. The molecule has 0 bridgehead atoms. The van der Waals surface area contributed by atoms with Gasteiger partial charge in [0.1, 0.15) is 0 Å². The smallest absolute Gasteiger partial charge is 0.0704 e. The summed E-state index contributed by atoms with van der Waals surface area (Å²) in [4.78, 5) is 0. The van der Waals surface area contributed by atoms with Crippen molar-refractivity contribution in [1.29, 1.82) is 0 Å². The third kappa shape index (κ3) is 4.92. The monoisotopic (exact) mass is 245 g/mol. The second-order valence-corrected chi connectivity index (χ2v) is 5.39. The lowest BCUT2D eigenvalue weighted by Gasteiger charge is -2.26. The van der Waals surface area contributed by atoms with Crippen LogP contribution in [-0.4, -0.2) is 50.2 Å². The van der Waals surface area contributed by atoms with Crippen LogP contribution in [0.5, 0.6) is 0 Å². The highest BCUT2D eigenvalue weighted by atomic mass is 16.5. The molecule has 1 aliphatic rings. The Morgan fingerprint density at radius 1 is 1.41 bits per heavy atom. The van der Waals surface area contributed by atoms with E-state index in [-0.39, 0.29) is 18.2 Å². The zero-order valence-electron chi connectivity index (χ0n) is 11.4. The molecule has 0 aliphatic heterocycles. The fraction of sp³-hybridized carbons (Fsp3) is 1.00. The van der Waals surface area contributed by atoms with E-state index in [4.69, 9.17) is 9.47 Å². The van der Waals surface area contributed by atoms with Crippen LogP contribution in [0.3, 0.4) is 0 Å². The topological polar surface area (TPSA) is 50.7 Å². The molecule has 1 aliphatic carbocycles. The van der Waals surface area contributed by atoms with Crippen LogP contribution in [0.1, 0.15) is 33.1 Å². The first-order valence-electron chi connectivity index (χ1n) is 6.61. The highest BCUT2D eigenvalue weighted by Crippen LogP contribution is 2.31. The highest BCUT2D eigenvalue weighted by Gasteiger charge is 2.37. The van der Waals surface area contributed by atoms with Crippen molar-refractivity contribution in [2.24, 2.45) is 5.92 Å². The van der Waals surface area contributed by atoms with Crippen molar-refractivity contribution in [1.82, 2.24) is 5.32 Å². The number of hydrogen-bond donors (Lipinski definition) is 2. The molecule has 0 saturated heterocycles. The van der Waals surface area contributed by atoms with E-state index in [1.165, 1.54) is 0 Å². The van der Waals surface area contributed by atoms with Crippen LogP contribution in [0.2, 0.25) is 0 Å². The molecule has 0 spiro atoms. The molecule has 1 saturated carbocycles. The number of ether oxygens (including phenoxy) is 2.